The number of carbonyl (C=O) groups is 1. The fourth-order valence-electron chi connectivity index (χ4n) is 3.64. The van der Waals surface area contributed by atoms with Crippen molar-refractivity contribution in [3.05, 3.63) is 71.4 Å². The molecule has 150 valence electrons. The average Bonchev–Trinajstić information content (AvgIpc) is 3.28. The number of hydrogen-bond acceptors (Lipinski definition) is 4. The molecule has 4 rings (SSSR count). The van der Waals surface area contributed by atoms with Crippen molar-refractivity contribution in [2.75, 3.05) is 13.2 Å². The molecule has 0 bridgehead atoms. The fourth-order valence-corrected chi connectivity index (χ4v) is 3.64. The number of hydrogen-bond donors (Lipinski definition) is 1. The van der Waals surface area contributed by atoms with Crippen molar-refractivity contribution in [3.8, 4) is 0 Å². The van der Waals surface area contributed by atoms with E-state index in [0.29, 0.717) is 13.2 Å². The molecule has 1 N–H and O–H groups in total. The normalized spacial score (nSPS) is 15.9. The zero-order valence-electron chi connectivity index (χ0n) is 16.7. The van der Waals surface area contributed by atoms with Gasteiger partial charge in [-0.1, -0.05) is 42.5 Å². The monoisotopic (exact) mass is 391 g/mol. The Labute approximate surface area is 170 Å². The highest BCUT2D eigenvalue weighted by molar-refractivity contribution is 5.99. The molecule has 1 amide bonds. The lowest BCUT2D eigenvalue weighted by molar-refractivity contribution is -0.159. The summed E-state index contributed by atoms with van der Waals surface area (Å²) >= 11 is 0. The molecular formula is C23H25N3O3. The second kappa shape index (κ2) is 8.19. The molecule has 1 aliphatic heterocycles. The van der Waals surface area contributed by atoms with Crippen molar-refractivity contribution in [2.45, 2.75) is 32.6 Å². The highest BCUT2D eigenvalue weighted by Crippen LogP contribution is 2.23. The number of amides is 1. The van der Waals surface area contributed by atoms with E-state index in [2.05, 4.69) is 64.6 Å². The Hall–Kier alpha value is -2.96. The molecule has 6 nitrogen and oxygen atoms in total. The molecule has 1 saturated heterocycles. The summed E-state index contributed by atoms with van der Waals surface area (Å²) in [6.45, 7) is 5.68. The van der Waals surface area contributed by atoms with Crippen LogP contribution >= 0.6 is 0 Å². The van der Waals surface area contributed by atoms with Crippen molar-refractivity contribution < 1.29 is 14.3 Å². The minimum Gasteiger partial charge on any atom is -0.347 e. The molecular weight excluding hydrogens is 366 g/mol. The lowest BCUT2D eigenvalue weighted by Gasteiger charge is -2.20. The smallest absolute Gasteiger partial charge is 0.245 e. The van der Waals surface area contributed by atoms with Crippen LogP contribution in [0.15, 0.2) is 59.8 Å². The molecule has 1 aliphatic rings. The van der Waals surface area contributed by atoms with Crippen LogP contribution in [-0.2, 0) is 20.8 Å². The SMILES string of the molecule is Cc1ccccc1Cn1cc(/C=N\NC(=O)CC2(C)OCCO2)c2ccccc21. The molecule has 1 fully saturated rings. The maximum atomic E-state index is 12.2. The Morgan fingerprint density at radius 3 is 2.69 bits per heavy atom. The van der Waals surface area contributed by atoms with Gasteiger partial charge in [-0.25, -0.2) is 5.43 Å². The Morgan fingerprint density at radius 1 is 1.17 bits per heavy atom. The fraction of sp³-hybridized carbons (Fsp3) is 0.304. The summed E-state index contributed by atoms with van der Waals surface area (Å²) in [6.07, 6.45) is 3.87. The number of para-hydroxylation sites is 1. The average molecular weight is 391 g/mol. The first-order chi connectivity index (χ1) is 14.0. The maximum Gasteiger partial charge on any atom is 0.245 e. The van der Waals surface area contributed by atoms with Gasteiger partial charge in [-0.3, -0.25) is 4.79 Å². The van der Waals surface area contributed by atoms with Crippen molar-refractivity contribution in [3.63, 3.8) is 0 Å². The van der Waals surface area contributed by atoms with Crippen LogP contribution in [-0.4, -0.2) is 35.7 Å². The number of nitrogens with zero attached hydrogens (tertiary/aromatic N) is 2. The number of rotatable bonds is 6. The predicted octanol–water partition coefficient (Wildman–Crippen LogP) is 3.60. The lowest BCUT2D eigenvalue weighted by atomic mass is 10.1. The van der Waals surface area contributed by atoms with Crippen LogP contribution < -0.4 is 5.43 Å². The number of nitrogens with one attached hydrogen (secondary N) is 1. The molecule has 29 heavy (non-hydrogen) atoms. The molecule has 6 heteroatoms. The highest BCUT2D eigenvalue weighted by Gasteiger charge is 2.33. The van der Waals surface area contributed by atoms with Crippen molar-refractivity contribution >= 4 is 23.0 Å². The molecule has 0 spiro atoms. The number of hydrazone groups is 1. The highest BCUT2D eigenvalue weighted by atomic mass is 16.7. The van der Waals surface area contributed by atoms with Crippen LogP contribution in [0, 0.1) is 6.92 Å². The third-order valence-electron chi connectivity index (χ3n) is 5.19. The summed E-state index contributed by atoms with van der Waals surface area (Å²) < 4.78 is 13.1. The molecule has 0 atom stereocenters. The summed E-state index contributed by atoms with van der Waals surface area (Å²) in [5.41, 5.74) is 7.19. The summed E-state index contributed by atoms with van der Waals surface area (Å²) in [5.74, 6) is -1.10. The van der Waals surface area contributed by atoms with Gasteiger partial charge in [-0.2, -0.15) is 5.10 Å². The van der Waals surface area contributed by atoms with Gasteiger partial charge in [0.25, 0.3) is 0 Å². The van der Waals surface area contributed by atoms with Crippen LogP contribution in [0.2, 0.25) is 0 Å². The van der Waals surface area contributed by atoms with E-state index >= 15 is 0 Å². The minimum absolute atomic E-state index is 0.110. The molecule has 0 aliphatic carbocycles. The van der Waals surface area contributed by atoms with Gasteiger partial charge in [-0.15, -0.1) is 0 Å². The van der Waals surface area contributed by atoms with E-state index in [-0.39, 0.29) is 12.3 Å². The van der Waals surface area contributed by atoms with Crippen LogP contribution in [0.1, 0.15) is 30.0 Å². The Morgan fingerprint density at radius 2 is 1.90 bits per heavy atom. The molecule has 0 unspecified atom stereocenters. The first-order valence-corrected chi connectivity index (χ1v) is 9.76. The topological polar surface area (TPSA) is 64.9 Å². The number of ether oxygens (including phenoxy) is 2. The van der Waals surface area contributed by atoms with Gasteiger partial charge in [0.15, 0.2) is 5.79 Å². The van der Waals surface area contributed by atoms with Crippen molar-refractivity contribution in [1.29, 1.82) is 0 Å². The van der Waals surface area contributed by atoms with E-state index < -0.39 is 5.79 Å². The number of carbonyl (C=O) groups excluding carboxylic acids is 1. The summed E-state index contributed by atoms with van der Waals surface area (Å²) in [7, 11) is 0. The number of fused-ring (bicyclic) bond motifs is 1. The van der Waals surface area contributed by atoms with Gasteiger partial charge < -0.3 is 14.0 Å². The zero-order valence-corrected chi connectivity index (χ0v) is 16.7. The zero-order chi connectivity index (χ0) is 20.3. The predicted molar refractivity (Wildman–Crippen MR) is 113 cm³/mol. The van der Waals surface area contributed by atoms with E-state index in [1.807, 2.05) is 12.1 Å². The van der Waals surface area contributed by atoms with Crippen LogP contribution in [0.3, 0.4) is 0 Å². The number of benzene rings is 2. The van der Waals surface area contributed by atoms with Gasteiger partial charge in [0.2, 0.25) is 5.91 Å². The molecule has 2 aromatic carbocycles. The van der Waals surface area contributed by atoms with E-state index in [9.17, 15) is 4.79 Å². The van der Waals surface area contributed by atoms with E-state index in [1.165, 1.54) is 11.1 Å². The van der Waals surface area contributed by atoms with Gasteiger partial charge >= 0.3 is 0 Å². The third-order valence-corrected chi connectivity index (χ3v) is 5.19. The van der Waals surface area contributed by atoms with Crippen LogP contribution in [0.25, 0.3) is 10.9 Å². The summed E-state index contributed by atoms with van der Waals surface area (Å²) in [6, 6.07) is 16.6. The first-order valence-electron chi connectivity index (χ1n) is 9.76. The molecule has 0 radical (unpaired) electrons. The van der Waals surface area contributed by atoms with Gasteiger partial charge in [0, 0.05) is 29.2 Å². The quantitative estimate of drug-likeness (QED) is 0.516. The van der Waals surface area contributed by atoms with Crippen LogP contribution in [0.5, 0.6) is 0 Å². The van der Waals surface area contributed by atoms with Gasteiger partial charge in [0.05, 0.1) is 25.8 Å². The minimum atomic E-state index is -0.858. The summed E-state index contributed by atoms with van der Waals surface area (Å²) in [5, 5.41) is 5.24. The van der Waals surface area contributed by atoms with Gasteiger partial charge in [-0.05, 0) is 31.0 Å². The van der Waals surface area contributed by atoms with Crippen molar-refractivity contribution in [1.82, 2.24) is 9.99 Å². The Bertz CT molecular complexity index is 1050. The standard InChI is InChI=1S/C23H25N3O3/c1-17-7-3-4-8-18(17)15-26-16-19(20-9-5-6-10-21(20)26)14-24-25-22(27)13-23(2)28-11-12-29-23/h3-10,14,16H,11-13,15H2,1-2H3,(H,25,27)/b24-14-. The first kappa shape index (κ1) is 19.4. The van der Waals surface area contributed by atoms with Gasteiger partial charge in [0.1, 0.15) is 0 Å². The molecule has 2 heterocycles. The Balaban J connectivity index is 1.51. The molecule has 1 aromatic heterocycles. The number of aryl methyl sites for hydroxylation is 1. The largest absolute Gasteiger partial charge is 0.347 e. The molecule has 0 saturated carbocycles. The van der Waals surface area contributed by atoms with Crippen molar-refractivity contribution in [2.24, 2.45) is 5.10 Å². The van der Waals surface area contributed by atoms with Crippen LogP contribution in [0.4, 0.5) is 0 Å². The second-order valence-electron chi connectivity index (χ2n) is 7.46. The van der Waals surface area contributed by atoms with E-state index in [4.69, 9.17) is 9.47 Å². The number of aromatic nitrogens is 1. The Kier molecular flexibility index (Phi) is 5.47. The third kappa shape index (κ3) is 4.39. The maximum absolute atomic E-state index is 12.2. The lowest BCUT2D eigenvalue weighted by Crippen LogP contribution is -2.33. The van der Waals surface area contributed by atoms with E-state index in [1.54, 1.807) is 13.1 Å². The summed E-state index contributed by atoms with van der Waals surface area (Å²) in [4.78, 5) is 12.2. The molecule has 3 aromatic rings. The van der Waals surface area contributed by atoms with E-state index in [0.717, 1.165) is 23.0 Å². The second-order valence-corrected chi connectivity index (χ2v) is 7.46.